The highest BCUT2D eigenvalue weighted by atomic mass is 16.5. The van der Waals surface area contributed by atoms with Gasteiger partial charge in [-0.3, -0.25) is 0 Å². The van der Waals surface area contributed by atoms with Gasteiger partial charge in [-0.05, 0) is 52.4 Å². The van der Waals surface area contributed by atoms with Crippen LogP contribution in [0.15, 0.2) is 12.2 Å². The number of hydrogen-bond acceptors (Lipinski definition) is 5. The van der Waals surface area contributed by atoms with Gasteiger partial charge in [-0.1, -0.05) is 6.08 Å². The summed E-state index contributed by atoms with van der Waals surface area (Å²) in [6.45, 7) is 4.12. The molecule has 0 aliphatic carbocycles. The second kappa shape index (κ2) is 11.5. The molecule has 0 amide bonds. The van der Waals surface area contributed by atoms with E-state index in [0.29, 0.717) is 6.61 Å². The summed E-state index contributed by atoms with van der Waals surface area (Å²) in [6.07, 6.45) is 8.63. The molecular formula is C17H27N3O4. The Bertz CT molecular complexity index is 498. The van der Waals surface area contributed by atoms with Crippen LogP contribution in [-0.2, 0) is 19.1 Å². The van der Waals surface area contributed by atoms with Crippen molar-refractivity contribution in [3.63, 3.8) is 0 Å². The molecule has 7 heteroatoms. The van der Waals surface area contributed by atoms with Gasteiger partial charge in [0.1, 0.15) is 6.04 Å². The molecule has 7 nitrogen and oxygen atoms in total. The summed E-state index contributed by atoms with van der Waals surface area (Å²) >= 11 is 0. The van der Waals surface area contributed by atoms with Gasteiger partial charge >= 0.3 is 17.7 Å². The van der Waals surface area contributed by atoms with Gasteiger partial charge in [0.2, 0.25) is 0 Å². The number of esters is 2. The van der Waals surface area contributed by atoms with Gasteiger partial charge in [-0.2, -0.15) is 4.79 Å². The Balaban J connectivity index is 2.39. The van der Waals surface area contributed by atoms with E-state index in [1.165, 1.54) is 6.08 Å². The topological polar surface area (TPSA) is 101 Å². The van der Waals surface area contributed by atoms with E-state index in [-0.39, 0.29) is 30.4 Å². The zero-order valence-electron chi connectivity index (χ0n) is 14.5. The van der Waals surface area contributed by atoms with Crippen LogP contribution in [0.2, 0.25) is 0 Å². The van der Waals surface area contributed by atoms with Crippen LogP contribution in [0.3, 0.4) is 0 Å². The highest BCUT2D eigenvalue weighted by molar-refractivity contribution is 6.36. The first-order valence-electron chi connectivity index (χ1n) is 8.60. The summed E-state index contributed by atoms with van der Waals surface area (Å²) in [5.41, 5.74) is 9.14. The second-order valence-electron chi connectivity index (χ2n) is 5.64. The van der Waals surface area contributed by atoms with E-state index in [0.717, 1.165) is 38.5 Å². The van der Waals surface area contributed by atoms with E-state index in [9.17, 15) is 9.59 Å². The molecular weight excluding hydrogens is 310 g/mol. The zero-order chi connectivity index (χ0) is 17.8. The minimum absolute atomic E-state index is 0.0451. The van der Waals surface area contributed by atoms with Crippen LogP contribution >= 0.6 is 0 Å². The van der Waals surface area contributed by atoms with Gasteiger partial charge < -0.3 is 20.3 Å². The molecule has 1 aliphatic heterocycles. The fourth-order valence-corrected chi connectivity index (χ4v) is 2.77. The number of carbonyl (C=O) groups excluding carboxylic acids is 2. The Morgan fingerprint density at radius 3 is 2.67 bits per heavy atom. The normalized spacial score (nSPS) is 20.4. The Hall–Kier alpha value is -1.98. The van der Waals surface area contributed by atoms with Gasteiger partial charge in [0, 0.05) is 12.1 Å². The van der Waals surface area contributed by atoms with Crippen molar-refractivity contribution < 1.29 is 23.9 Å². The first-order valence-corrected chi connectivity index (χ1v) is 8.60. The molecule has 0 aromatic heterocycles. The van der Waals surface area contributed by atoms with E-state index in [2.05, 4.69) is 10.1 Å². The number of rotatable bonds is 9. The lowest BCUT2D eigenvalue weighted by molar-refractivity contribution is -0.140. The van der Waals surface area contributed by atoms with Crippen LogP contribution in [0.1, 0.15) is 52.4 Å². The molecule has 1 N–H and O–H groups in total. The fraction of sp³-hybridized carbons (Fsp3) is 0.706. The number of allylic oxidation sites excluding steroid dienone is 1. The molecule has 0 spiro atoms. The smallest absolute Gasteiger partial charge is 0.418 e. The highest BCUT2D eigenvalue weighted by Gasteiger charge is 2.35. The van der Waals surface area contributed by atoms with Crippen molar-refractivity contribution in [2.75, 3.05) is 13.2 Å². The molecule has 2 unspecified atom stereocenters. The maximum absolute atomic E-state index is 11.8. The predicted molar refractivity (Wildman–Crippen MR) is 89.4 cm³/mol. The Morgan fingerprint density at radius 1 is 1.25 bits per heavy atom. The van der Waals surface area contributed by atoms with Crippen LogP contribution in [0.4, 0.5) is 0 Å². The van der Waals surface area contributed by atoms with Crippen LogP contribution in [0.25, 0.3) is 5.53 Å². The summed E-state index contributed by atoms with van der Waals surface area (Å²) in [5.74, 6) is -0.887. The van der Waals surface area contributed by atoms with Crippen LogP contribution in [0.5, 0.6) is 0 Å². The molecule has 0 radical (unpaired) electrons. The maximum atomic E-state index is 11.8. The molecule has 134 valence electrons. The number of unbranched alkanes of at least 4 members (excludes halogenated alkanes) is 1. The zero-order valence-corrected chi connectivity index (χ0v) is 14.5. The molecule has 0 saturated carbocycles. The van der Waals surface area contributed by atoms with Crippen molar-refractivity contribution in [2.45, 2.75) is 64.5 Å². The molecule has 1 heterocycles. The molecule has 0 bridgehead atoms. The first-order chi connectivity index (χ1) is 11.6. The van der Waals surface area contributed by atoms with Gasteiger partial charge in [0.25, 0.3) is 0 Å². The molecule has 1 aliphatic rings. The third-order valence-corrected chi connectivity index (χ3v) is 3.87. The van der Waals surface area contributed by atoms with Crippen molar-refractivity contribution in [1.82, 2.24) is 5.32 Å². The standard InChI is InChI=1S/C17H27N3O4/c1-3-23-15(21)12-7-5-6-9-13-10-8-11-14(19-13)16(20-18)17(22)24-4-2/h7,12-14,19H,3-6,8-11H2,1-2H3/b12-7+. The molecule has 1 fully saturated rings. The lowest BCUT2D eigenvalue weighted by atomic mass is 9.92. The molecule has 0 aromatic rings. The van der Waals surface area contributed by atoms with Crippen molar-refractivity contribution >= 4 is 17.7 Å². The van der Waals surface area contributed by atoms with Gasteiger partial charge in [0.05, 0.1) is 13.2 Å². The van der Waals surface area contributed by atoms with Crippen LogP contribution < -0.4 is 5.32 Å². The predicted octanol–water partition coefficient (Wildman–Crippen LogP) is 2.02. The number of carbonyl (C=O) groups is 2. The third-order valence-electron chi connectivity index (χ3n) is 3.87. The lowest BCUT2D eigenvalue weighted by Crippen LogP contribution is -2.49. The fourth-order valence-electron chi connectivity index (χ4n) is 2.77. The van der Waals surface area contributed by atoms with Crippen molar-refractivity contribution in [3.05, 3.63) is 17.7 Å². The van der Waals surface area contributed by atoms with Gasteiger partial charge in [-0.25, -0.2) is 9.59 Å². The van der Waals surface area contributed by atoms with E-state index >= 15 is 0 Å². The summed E-state index contributed by atoms with van der Waals surface area (Å²) in [4.78, 5) is 26.1. The largest absolute Gasteiger partial charge is 0.463 e. The minimum Gasteiger partial charge on any atom is -0.463 e. The van der Waals surface area contributed by atoms with Gasteiger partial charge in [-0.15, -0.1) is 0 Å². The number of nitrogens with zero attached hydrogens (tertiary/aromatic N) is 2. The summed E-state index contributed by atoms with van der Waals surface area (Å²) < 4.78 is 9.73. The summed E-state index contributed by atoms with van der Waals surface area (Å²) in [6, 6.07) is -0.0196. The Kier molecular flexibility index (Phi) is 9.65. The Labute approximate surface area is 143 Å². The number of ether oxygens (including phenoxy) is 2. The first kappa shape index (κ1) is 20.1. The number of piperidine rings is 1. The van der Waals surface area contributed by atoms with Crippen LogP contribution in [0, 0.1) is 0 Å². The monoisotopic (exact) mass is 337 g/mol. The van der Waals surface area contributed by atoms with Crippen molar-refractivity contribution in [3.8, 4) is 0 Å². The van der Waals surface area contributed by atoms with E-state index < -0.39 is 5.97 Å². The minimum atomic E-state index is -0.574. The average Bonchev–Trinajstić information content (AvgIpc) is 2.56. The summed E-state index contributed by atoms with van der Waals surface area (Å²) in [5, 5.41) is 3.36. The second-order valence-corrected chi connectivity index (χ2v) is 5.64. The van der Waals surface area contributed by atoms with E-state index in [1.54, 1.807) is 13.8 Å². The Morgan fingerprint density at radius 2 is 2.00 bits per heavy atom. The molecule has 2 atom stereocenters. The lowest BCUT2D eigenvalue weighted by Gasteiger charge is -2.28. The molecule has 0 aromatic carbocycles. The van der Waals surface area contributed by atoms with Gasteiger partial charge in [0.15, 0.2) is 0 Å². The quantitative estimate of drug-likeness (QED) is 0.173. The maximum Gasteiger partial charge on any atom is 0.418 e. The number of nitrogens with one attached hydrogen (secondary N) is 1. The van der Waals surface area contributed by atoms with Crippen molar-refractivity contribution in [2.24, 2.45) is 0 Å². The van der Waals surface area contributed by atoms with E-state index in [1.807, 2.05) is 6.08 Å². The number of hydrogen-bond donors (Lipinski definition) is 1. The molecule has 1 saturated heterocycles. The molecule has 1 rings (SSSR count). The van der Waals surface area contributed by atoms with Crippen molar-refractivity contribution in [1.29, 1.82) is 0 Å². The highest BCUT2D eigenvalue weighted by Crippen LogP contribution is 2.18. The third kappa shape index (κ3) is 7.06. The molecule has 24 heavy (non-hydrogen) atoms. The summed E-state index contributed by atoms with van der Waals surface area (Å²) in [7, 11) is 0. The SMILES string of the molecule is CCOC(=O)/C=C/CCCC1CCCC(C(=[N+]=[N-])C(=O)OCC)N1. The van der Waals surface area contributed by atoms with E-state index in [4.69, 9.17) is 15.0 Å². The van der Waals surface area contributed by atoms with Crippen LogP contribution in [-0.4, -0.2) is 47.7 Å². The average molecular weight is 337 g/mol.